The molecule has 3 aliphatic rings. The third-order valence-corrected chi connectivity index (χ3v) is 5.14. The van der Waals surface area contributed by atoms with E-state index in [9.17, 15) is 0 Å². The summed E-state index contributed by atoms with van der Waals surface area (Å²) in [5.74, 6) is 1.02. The maximum absolute atomic E-state index is 6.05. The molecule has 4 rings (SSSR count). The van der Waals surface area contributed by atoms with Gasteiger partial charge < -0.3 is 10.1 Å². The lowest BCUT2D eigenvalue weighted by Gasteiger charge is -2.43. The van der Waals surface area contributed by atoms with Gasteiger partial charge in [0.15, 0.2) is 0 Å². The van der Waals surface area contributed by atoms with Crippen molar-refractivity contribution in [2.24, 2.45) is 0 Å². The van der Waals surface area contributed by atoms with Crippen molar-refractivity contribution < 1.29 is 4.74 Å². The summed E-state index contributed by atoms with van der Waals surface area (Å²) < 4.78 is 6.05. The quantitative estimate of drug-likeness (QED) is 0.909. The van der Waals surface area contributed by atoms with Gasteiger partial charge in [0.1, 0.15) is 11.9 Å². The van der Waals surface area contributed by atoms with E-state index >= 15 is 0 Å². The van der Waals surface area contributed by atoms with Gasteiger partial charge >= 0.3 is 0 Å². The van der Waals surface area contributed by atoms with Crippen LogP contribution < -0.4 is 10.1 Å². The summed E-state index contributed by atoms with van der Waals surface area (Å²) in [4.78, 5) is 5.16. The predicted octanol–water partition coefficient (Wildman–Crippen LogP) is 1.23. The van der Waals surface area contributed by atoms with Gasteiger partial charge in [-0.25, -0.2) is 0 Å². The molecule has 2 fully saturated rings. The molecule has 0 spiro atoms. The smallest absolute Gasteiger partial charge is 0.123 e. The Morgan fingerprint density at radius 2 is 2.00 bits per heavy atom. The standard InChI is InChI=1S/C16H22ClN3O/c17-13-1-2-16-12(7-13)8-15(21-16)11-19-3-5-20(6-4-19)14-9-18-10-14/h1-2,7,14-15,18H,3-6,8-11H2. The van der Waals surface area contributed by atoms with Crippen LogP contribution in [0, 0.1) is 0 Å². The second-order valence-corrected chi connectivity index (χ2v) is 6.78. The van der Waals surface area contributed by atoms with Gasteiger partial charge in [-0.1, -0.05) is 11.6 Å². The normalized spacial score (nSPS) is 27.2. The number of hydrogen-bond donors (Lipinski definition) is 1. The number of nitrogens with one attached hydrogen (secondary N) is 1. The van der Waals surface area contributed by atoms with E-state index < -0.39 is 0 Å². The fourth-order valence-corrected chi connectivity index (χ4v) is 3.72. The molecule has 5 heteroatoms. The van der Waals surface area contributed by atoms with Crippen molar-refractivity contribution >= 4 is 11.6 Å². The average molecular weight is 308 g/mol. The van der Waals surface area contributed by atoms with Crippen LogP contribution in [0.15, 0.2) is 18.2 Å². The van der Waals surface area contributed by atoms with E-state index in [0.717, 1.165) is 42.9 Å². The molecule has 1 atom stereocenters. The van der Waals surface area contributed by atoms with E-state index in [1.165, 1.54) is 31.7 Å². The highest BCUT2D eigenvalue weighted by Crippen LogP contribution is 2.31. The van der Waals surface area contributed by atoms with E-state index in [1.54, 1.807) is 0 Å². The number of hydrogen-bond acceptors (Lipinski definition) is 4. The molecule has 0 saturated carbocycles. The van der Waals surface area contributed by atoms with E-state index in [2.05, 4.69) is 15.1 Å². The van der Waals surface area contributed by atoms with Gasteiger partial charge in [0.05, 0.1) is 0 Å². The van der Waals surface area contributed by atoms with E-state index in [1.807, 2.05) is 18.2 Å². The van der Waals surface area contributed by atoms with Gasteiger partial charge in [0.25, 0.3) is 0 Å². The summed E-state index contributed by atoms with van der Waals surface area (Å²) in [6.45, 7) is 8.07. The molecule has 3 heterocycles. The van der Waals surface area contributed by atoms with Crippen LogP contribution in [-0.2, 0) is 6.42 Å². The Labute approximate surface area is 131 Å². The summed E-state index contributed by atoms with van der Waals surface area (Å²) in [5.41, 5.74) is 1.26. The summed E-state index contributed by atoms with van der Waals surface area (Å²) >= 11 is 6.05. The van der Waals surface area contributed by atoms with Crippen molar-refractivity contribution in [1.29, 1.82) is 0 Å². The van der Waals surface area contributed by atoms with Crippen LogP contribution in [0.3, 0.4) is 0 Å². The molecule has 4 nitrogen and oxygen atoms in total. The molecular weight excluding hydrogens is 286 g/mol. The Bertz CT molecular complexity index is 512. The molecule has 0 radical (unpaired) electrons. The van der Waals surface area contributed by atoms with Gasteiger partial charge in [0.2, 0.25) is 0 Å². The van der Waals surface area contributed by atoms with Crippen LogP contribution >= 0.6 is 11.6 Å². The molecule has 1 unspecified atom stereocenters. The minimum atomic E-state index is 0.287. The number of nitrogens with zero attached hydrogens (tertiary/aromatic N) is 2. The highest BCUT2D eigenvalue weighted by molar-refractivity contribution is 6.30. The van der Waals surface area contributed by atoms with Crippen LogP contribution in [-0.4, -0.2) is 67.8 Å². The monoisotopic (exact) mass is 307 g/mol. The van der Waals surface area contributed by atoms with Crippen LogP contribution in [0.2, 0.25) is 5.02 Å². The van der Waals surface area contributed by atoms with Gasteiger partial charge in [-0.2, -0.15) is 0 Å². The first-order valence-electron chi connectivity index (χ1n) is 7.90. The third-order valence-electron chi connectivity index (χ3n) is 4.91. The minimum absolute atomic E-state index is 0.287. The van der Waals surface area contributed by atoms with Crippen molar-refractivity contribution in [3.05, 3.63) is 28.8 Å². The van der Waals surface area contributed by atoms with Crippen LogP contribution in [0.4, 0.5) is 0 Å². The zero-order chi connectivity index (χ0) is 14.2. The third kappa shape index (κ3) is 2.90. The summed E-state index contributed by atoms with van der Waals surface area (Å²) in [6, 6.07) is 6.73. The number of ether oxygens (including phenoxy) is 1. The number of halogens is 1. The summed E-state index contributed by atoms with van der Waals surface area (Å²) in [5, 5.41) is 4.16. The predicted molar refractivity (Wildman–Crippen MR) is 84.2 cm³/mol. The lowest BCUT2D eigenvalue weighted by Crippen LogP contribution is -2.62. The summed E-state index contributed by atoms with van der Waals surface area (Å²) in [6.07, 6.45) is 1.28. The topological polar surface area (TPSA) is 27.7 Å². The van der Waals surface area contributed by atoms with Gasteiger partial charge in [-0.05, 0) is 23.8 Å². The Morgan fingerprint density at radius 3 is 2.71 bits per heavy atom. The molecule has 114 valence electrons. The molecule has 0 aliphatic carbocycles. The van der Waals surface area contributed by atoms with Crippen LogP contribution in [0.5, 0.6) is 5.75 Å². The van der Waals surface area contributed by atoms with Crippen molar-refractivity contribution in [2.45, 2.75) is 18.6 Å². The second kappa shape index (κ2) is 5.76. The molecular formula is C16H22ClN3O. The van der Waals surface area contributed by atoms with E-state index in [0.29, 0.717) is 0 Å². The zero-order valence-corrected chi connectivity index (χ0v) is 13.0. The Morgan fingerprint density at radius 1 is 1.19 bits per heavy atom. The first-order chi connectivity index (χ1) is 10.3. The SMILES string of the molecule is Clc1ccc2c(c1)CC(CN1CCN(C3CNC3)CC1)O2. The number of benzene rings is 1. The zero-order valence-electron chi connectivity index (χ0n) is 12.2. The highest BCUT2D eigenvalue weighted by Gasteiger charge is 2.30. The molecule has 2 saturated heterocycles. The van der Waals surface area contributed by atoms with Crippen molar-refractivity contribution in [2.75, 3.05) is 45.8 Å². The van der Waals surface area contributed by atoms with Crippen molar-refractivity contribution in [3.63, 3.8) is 0 Å². The van der Waals surface area contributed by atoms with E-state index in [4.69, 9.17) is 16.3 Å². The molecule has 3 aliphatic heterocycles. The van der Waals surface area contributed by atoms with Crippen molar-refractivity contribution in [1.82, 2.24) is 15.1 Å². The number of rotatable bonds is 3. The molecule has 0 amide bonds. The largest absolute Gasteiger partial charge is 0.488 e. The Balaban J connectivity index is 1.28. The number of piperazine rings is 1. The average Bonchev–Trinajstić information content (AvgIpc) is 2.80. The van der Waals surface area contributed by atoms with Gasteiger partial charge in [0, 0.05) is 63.3 Å². The summed E-state index contributed by atoms with van der Waals surface area (Å²) in [7, 11) is 0. The first-order valence-corrected chi connectivity index (χ1v) is 8.28. The van der Waals surface area contributed by atoms with Gasteiger partial charge in [-0.3, -0.25) is 9.80 Å². The fourth-order valence-electron chi connectivity index (χ4n) is 3.52. The molecule has 1 aromatic carbocycles. The first kappa shape index (κ1) is 13.8. The molecule has 0 bridgehead atoms. The lowest BCUT2D eigenvalue weighted by molar-refractivity contribution is 0.0544. The van der Waals surface area contributed by atoms with Gasteiger partial charge in [-0.15, -0.1) is 0 Å². The fraction of sp³-hybridized carbons (Fsp3) is 0.625. The molecule has 21 heavy (non-hydrogen) atoms. The molecule has 0 aromatic heterocycles. The highest BCUT2D eigenvalue weighted by atomic mass is 35.5. The number of fused-ring (bicyclic) bond motifs is 1. The Kier molecular flexibility index (Phi) is 3.79. The second-order valence-electron chi connectivity index (χ2n) is 6.34. The van der Waals surface area contributed by atoms with Crippen molar-refractivity contribution in [3.8, 4) is 5.75 Å². The Hall–Kier alpha value is -0.810. The maximum Gasteiger partial charge on any atom is 0.123 e. The van der Waals surface area contributed by atoms with Crippen LogP contribution in [0.1, 0.15) is 5.56 Å². The van der Waals surface area contributed by atoms with E-state index in [-0.39, 0.29) is 6.10 Å². The maximum atomic E-state index is 6.05. The molecule has 1 N–H and O–H groups in total. The lowest BCUT2D eigenvalue weighted by atomic mass is 10.1. The van der Waals surface area contributed by atoms with Crippen LogP contribution in [0.25, 0.3) is 0 Å². The molecule has 1 aromatic rings. The minimum Gasteiger partial charge on any atom is -0.488 e.